The summed E-state index contributed by atoms with van der Waals surface area (Å²) in [6.07, 6.45) is 0. The number of sulfonamides is 1. The van der Waals surface area contributed by atoms with Crippen LogP contribution in [0.25, 0.3) is 0 Å². The number of hydrogen-bond acceptors (Lipinski definition) is 3. The van der Waals surface area contributed by atoms with Gasteiger partial charge in [-0.3, -0.25) is 4.79 Å². The summed E-state index contributed by atoms with van der Waals surface area (Å²) < 4.78 is 39.6. The Morgan fingerprint density at radius 2 is 1.83 bits per heavy atom. The van der Waals surface area contributed by atoms with Gasteiger partial charge in [-0.1, -0.05) is 29.8 Å². The predicted molar refractivity (Wildman–Crippen MR) is 86.3 cm³/mol. The summed E-state index contributed by atoms with van der Waals surface area (Å²) in [6.45, 7) is 1.40. The van der Waals surface area contributed by atoms with Crippen molar-refractivity contribution in [1.82, 2.24) is 4.72 Å². The van der Waals surface area contributed by atoms with Gasteiger partial charge in [-0.15, -0.1) is 0 Å². The van der Waals surface area contributed by atoms with Gasteiger partial charge in [0.05, 0.1) is 16.0 Å². The van der Waals surface area contributed by atoms with Crippen molar-refractivity contribution in [2.75, 3.05) is 5.32 Å². The Morgan fingerprint density at radius 1 is 1.17 bits per heavy atom. The Bertz CT molecular complexity index is 813. The van der Waals surface area contributed by atoms with E-state index >= 15 is 0 Å². The molecule has 1 atom stereocenters. The van der Waals surface area contributed by atoms with Crippen LogP contribution in [0, 0.1) is 5.82 Å². The summed E-state index contributed by atoms with van der Waals surface area (Å²) >= 11 is 5.63. The molecule has 0 saturated heterocycles. The number of carbonyl (C=O) groups excluding carboxylic acids is 1. The fraction of sp³-hybridized carbons (Fsp3) is 0.133. The molecule has 0 radical (unpaired) electrons. The summed E-state index contributed by atoms with van der Waals surface area (Å²) in [5, 5.41) is 2.33. The van der Waals surface area contributed by atoms with Crippen LogP contribution in [0.2, 0.25) is 5.02 Å². The number of carbonyl (C=O) groups is 1. The first-order valence-corrected chi connectivity index (χ1v) is 8.49. The predicted octanol–water partition coefficient (Wildman–Crippen LogP) is 2.78. The molecule has 0 fully saturated rings. The number of halogens is 2. The van der Waals surface area contributed by atoms with E-state index in [0.29, 0.717) is 0 Å². The number of anilines is 1. The van der Waals surface area contributed by atoms with Gasteiger partial charge >= 0.3 is 0 Å². The van der Waals surface area contributed by atoms with Crippen molar-refractivity contribution < 1.29 is 17.6 Å². The van der Waals surface area contributed by atoms with Crippen molar-refractivity contribution in [2.45, 2.75) is 17.9 Å². The molecule has 0 aliphatic carbocycles. The topological polar surface area (TPSA) is 75.3 Å². The molecule has 122 valence electrons. The molecule has 23 heavy (non-hydrogen) atoms. The molecule has 1 amide bonds. The van der Waals surface area contributed by atoms with E-state index in [9.17, 15) is 17.6 Å². The minimum atomic E-state index is -3.81. The molecule has 2 aromatic carbocycles. The fourth-order valence-corrected chi connectivity index (χ4v) is 3.18. The maximum atomic E-state index is 13.1. The van der Waals surface area contributed by atoms with Crippen molar-refractivity contribution in [1.29, 1.82) is 0 Å². The van der Waals surface area contributed by atoms with E-state index in [1.54, 1.807) is 18.2 Å². The van der Waals surface area contributed by atoms with Crippen molar-refractivity contribution in [3.05, 3.63) is 59.4 Å². The molecule has 0 heterocycles. The lowest BCUT2D eigenvalue weighted by Gasteiger charge is -2.14. The van der Waals surface area contributed by atoms with Crippen LogP contribution >= 0.6 is 11.6 Å². The Labute approximate surface area is 138 Å². The van der Waals surface area contributed by atoms with Crippen molar-refractivity contribution in [2.24, 2.45) is 0 Å². The summed E-state index contributed by atoms with van der Waals surface area (Å²) in [5.41, 5.74) is 0.271. The van der Waals surface area contributed by atoms with Crippen molar-refractivity contribution in [3.63, 3.8) is 0 Å². The van der Waals surface area contributed by atoms with E-state index in [1.807, 2.05) is 0 Å². The van der Waals surface area contributed by atoms with Gasteiger partial charge in [0.2, 0.25) is 15.9 Å². The second-order valence-electron chi connectivity index (χ2n) is 4.77. The standard InChI is InChI=1S/C15H14ClFN2O3S/c1-10(19-23(21,22)12-5-3-2-4-6-12)15(20)18-11-7-8-14(17)13(16)9-11/h2-10,19H,1H3,(H,18,20)/t10-/m0/s1. The third-order valence-electron chi connectivity index (χ3n) is 2.97. The SMILES string of the molecule is C[C@H](NS(=O)(=O)c1ccccc1)C(=O)Nc1ccc(F)c(Cl)c1. The number of nitrogens with one attached hydrogen (secondary N) is 2. The monoisotopic (exact) mass is 356 g/mol. The van der Waals surface area contributed by atoms with E-state index in [4.69, 9.17) is 11.6 Å². The highest BCUT2D eigenvalue weighted by Gasteiger charge is 2.22. The molecule has 0 spiro atoms. The third kappa shape index (κ3) is 4.51. The first kappa shape index (κ1) is 17.4. The van der Waals surface area contributed by atoms with Gasteiger partial charge in [0.25, 0.3) is 0 Å². The van der Waals surface area contributed by atoms with Gasteiger partial charge in [0.15, 0.2) is 0 Å². The fourth-order valence-electron chi connectivity index (χ4n) is 1.78. The van der Waals surface area contributed by atoms with Gasteiger partial charge in [0, 0.05) is 5.69 Å². The molecule has 0 aliphatic rings. The molecule has 2 aromatic rings. The zero-order valence-corrected chi connectivity index (χ0v) is 13.7. The van der Waals surface area contributed by atoms with Gasteiger partial charge in [-0.25, -0.2) is 12.8 Å². The molecule has 0 aliphatic heterocycles. The van der Waals surface area contributed by atoms with Crippen LogP contribution < -0.4 is 10.0 Å². The van der Waals surface area contributed by atoms with Gasteiger partial charge in [0.1, 0.15) is 5.82 Å². The van der Waals surface area contributed by atoms with Crippen LogP contribution in [0.3, 0.4) is 0 Å². The van der Waals surface area contributed by atoms with Gasteiger partial charge in [-0.2, -0.15) is 4.72 Å². The number of benzene rings is 2. The zero-order chi connectivity index (χ0) is 17.0. The van der Waals surface area contributed by atoms with Crippen molar-refractivity contribution >= 4 is 33.2 Å². The minimum absolute atomic E-state index is 0.0597. The van der Waals surface area contributed by atoms with E-state index in [0.717, 1.165) is 6.07 Å². The summed E-state index contributed by atoms with van der Waals surface area (Å²) in [6, 6.07) is 10.4. The van der Waals surface area contributed by atoms with E-state index in [2.05, 4.69) is 10.0 Å². The second-order valence-corrected chi connectivity index (χ2v) is 6.90. The number of hydrogen-bond donors (Lipinski definition) is 2. The van der Waals surface area contributed by atoms with Crippen LogP contribution in [0.4, 0.5) is 10.1 Å². The average Bonchev–Trinajstić information content (AvgIpc) is 2.51. The van der Waals surface area contributed by atoms with E-state index < -0.39 is 27.8 Å². The van der Waals surface area contributed by atoms with Gasteiger partial charge < -0.3 is 5.32 Å². The first-order chi connectivity index (χ1) is 10.8. The molecular formula is C15H14ClFN2O3S. The molecule has 2 rings (SSSR count). The lowest BCUT2D eigenvalue weighted by Crippen LogP contribution is -2.41. The molecular weight excluding hydrogens is 343 g/mol. The van der Waals surface area contributed by atoms with Crippen LogP contribution in [-0.2, 0) is 14.8 Å². The second kappa shape index (κ2) is 7.08. The highest BCUT2D eigenvalue weighted by Crippen LogP contribution is 2.19. The Morgan fingerprint density at radius 3 is 2.43 bits per heavy atom. The molecule has 2 N–H and O–H groups in total. The third-order valence-corrected chi connectivity index (χ3v) is 4.81. The smallest absolute Gasteiger partial charge is 0.242 e. The Balaban J connectivity index is 2.06. The Hall–Kier alpha value is -1.96. The summed E-state index contributed by atoms with van der Waals surface area (Å²) in [5.74, 6) is -1.20. The Kier molecular flexibility index (Phi) is 5.35. The van der Waals surface area contributed by atoms with Crippen LogP contribution in [0.1, 0.15) is 6.92 Å². The van der Waals surface area contributed by atoms with E-state index in [1.165, 1.54) is 31.2 Å². The zero-order valence-electron chi connectivity index (χ0n) is 12.1. The first-order valence-electron chi connectivity index (χ1n) is 6.63. The maximum absolute atomic E-state index is 13.1. The number of rotatable bonds is 5. The van der Waals surface area contributed by atoms with E-state index in [-0.39, 0.29) is 15.6 Å². The average molecular weight is 357 g/mol. The quantitative estimate of drug-likeness (QED) is 0.865. The van der Waals surface area contributed by atoms with Crippen LogP contribution in [0.15, 0.2) is 53.4 Å². The molecule has 0 saturated carbocycles. The molecule has 0 bridgehead atoms. The largest absolute Gasteiger partial charge is 0.325 e. The maximum Gasteiger partial charge on any atom is 0.242 e. The van der Waals surface area contributed by atoms with Crippen LogP contribution in [-0.4, -0.2) is 20.4 Å². The highest BCUT2D eigenvalue weighted by atomic mass is 35.5. The van der Waals surface area contributed by atoms with Crippen LogP contribution in [0.5, 0.6) is 0 Å². The lowest BCUT2D eigenvalue weighted by atomic mass is 10.3. The van der Waals surface area contributed by atoms with Gasteiger partial charge in [-0.05, 0) is 37.3 Å². The summed E-state index contributed by atoms with van der Waals surface area (Å²) in [7, 11) is -3.81. The minimum Gasteiger partial charge on any atom is -0.325 e. The highest BCUT2D eigenvalue weighted by molar-refractivity contribution is 7.89. The summed E-state index contributed by atoms with van der Waals surface area (Å²) in [4.78, 5) is 12.1. The molecule has 8 heteroatoms. The molecule has 5 nitrogen and oxygen atoms in total. The van der Waals surface area contributed by atoms with Crippen molar-refractivity contribution in [3.8, 4) is 0 Å². The lowest BCUT2D eigenvalue weighted by molar-refractivity contribution is -0.117. The molecule has 0 aromatic heterocycles. The molecule has 0 unspecified atom stereocenters. The number of amides is 1. The normalized spacial score (nSPS) is 12.7.